The van der Waals surface area contributed by atoms with Gasteiger partial charge in [-0.25, -0.2) is 4.79 Å². The van der Waals surface area contributed by atoms with Crippen LogP contribution in [-0.4, -0.2) is 70.5 Å². The highest BCUT2D eigenvalue weighted by atomic mass is 32.1. The van der Waals surface area contributed by atoms with Gasteiger partial charge in [0.2, 0.25) is 29.5 Å². The number of carboxylic acid groups (broad SMARTS) is 1. The van der Waals surface area contributed by atoms with E-state index in [1.165, 1.54) is 0 Å². The maximum Gasteiger partial charge on any atom is 0.326 e. The van der Waals surface area contributed by atoms with Crippen molar-refractivity contribution < 1.29 is 33.9 Å². The van der Waals surface area contributed by atoms with Gasteiger partial charge in [-0.05, 0) is 12.3 Å². The van der Waals surface area contributed by atoms with Gasteiger partial charge in [-0.2, -0.15) is 12.6 Å². The van der Waals surface area contributed by atoms with Crippen LogP contribution < -0.4 is 33.2 Å². The van der Waals surface area contributed by atoms with Crippen LogP contribution in [0.25, 0.3) is 0 Å². The molecule has 0 aliphatic rings. The molecular formula is C17H30N6O7S. The van der Waals surface area contributed by atoms with Crippen LogP contribution in [0, 0.1) is 5.92 Å². The van der Waals surface area contributed by atoms with Crippen molar-refractivity contribution >= 4 is 48.1 Å². The molecule has 0 aliphatic carbocycles. The van der Waals surface area contributed by atoms with Crippen molar-refractivity contribution in [3.8, 4) is 0 Å². The van der Waals surface area contributed by atoms with Gasteiger partial charge in [0.15, 0.2) is 0 Å². The van der Waals surface area contributed by atoms with Gasteiger partial charge in [0.25, 0.3) is 0 Å². The van der Waals surface area contributed by atoms with E-state index in [9.17, 15) is 28.8 Å². The van der Waals surface area contributed by atoms with Gasteiger partial charge in [-0.3, -0.25) is 24.0 Å². The maximum atomic E-state index is 12.7. The average Bonchev–Trinajstić information content (AvgIpc) is 2.63. The summed E-state index contributed by atoms with van der Waals surface area (Å²) in [5.41, 5.74) is 15.6. The van der Waals surface area contributed by atoms with E-state index in [2.05, 4.69) is 28.6 Å². The average molecular weight is 463 g/mol. The minimum atomic E-state index is -1.58. The molecule has 0 bridgehead atoms. The van der Waals surface area contributed by atoms with Gasteiger partial charge < -0.3 is 38.3 Å². The third kappa shape index (κ3) is 11.2. The Morgan fingerprint density at radius 3 is 1.68 bits per heavy atom. The van der Waals surface area contributed by atoms with Gasteiger partial charge >= 0.3 is 5.97 Å². The molecule has 5 amide bonds. The van der Waals surface area contributed by atoms with E-state index in [0.717, 1.165) is 0 Å². The summed E-state index contributed by atoms with van der Waals surface area (Å²) >= 11 is 3.98. The number of carboxylic acids is 1. The topological polar surface area (TPSA) is 237 Å². The molecule has 0 aliphatic heterocycles. The monoisotopic (exact) mass is 462 g/mol. The number of thiol groups is 1. The summed E-state index contributed by atoms with van der Waals surface area (Å²) in [5.74, 6) is -5.89. The molecular weight excluding hydrogens is 432 g/mol. The summed E-state index contributed by atoms with van der Waals surface area (Å²) in [6.07, 6.45) is -0.876. The number of hydrogen-bond acceptors (Lipinski definition) is 8. The zero-order valence-corrected chi connectivity index (χ0v) is 18.2. The third-order valence-electron chi connectivity index (χ3n) is 3.93. The molecule has 0 aromatic heterocycles. The summed E-state index contributed by atoms with van der Waals surface area (Å²) in [6.45, 7) is 3.58. The summed E-state index contributed by atoms with van der Waals surface area (Å²) in [4.78, 5) is 70.3. The van der Waals surface area contributed by atoms with Crippen molar-refractivity contribution in [3.63, 3.8) is 0 Å². The summed E-state index contributed by atoms with van der Waals surface area (Å²) in [6, 6.07) is -5.20. The zero-order valence-electron chi connectivity index (χ0n) is 17.3. The quantitative estimate of drug-likeness (QED) is 0.121. The van der Waals surface area contributed by atoms with Crippen molar-refractivity contribution in [1.29, 1.82) is 0 Å². The first-order valence-electron chi connectivity index (χ1n) is 9.35. The fourth-order valence-corrected chi connectivity index (χ4v) is 2.69. The lowest BCUT2D eigenvalue weighted by molar-refractivity contribution is -0.143. The Kier molecular flexibility index (Phi) is 12.2. The van der Waals surface area contributed by atoms with Crippen molar-refractivity contribution in [2.24, 2.45) is 23.1 Å². The highest BCUT2D eigenvalue weighted by molar-refractivity contribution is 7.80. The number of amides is 5. The molecule has 0 fully saturated rings. The second-order valence-electron chi connectivity index (χ2n) is 7.28. The number of aliphatic carboxylic acids is 1. The Bertz CT molecular complexity index is 702. The number of rotatable bonds is 14. The van der Waals surface area contributed by atoms with Crippen molar-refractivity contribution in [1.82, 2.24) is 16.0 Å². The lowest BCUT2D eigenvalue weighted by Crippen LogP contribution is -2.58. The fraction of sp³-hybridized carbons (Fsp3) is 0.647. The number of primary amides is 2. The van der Waals surface area contributed by atoms with E-state index in [1.54, 1.807) is 13.8 Å². The van der Waals surface area contributed by atoms with Crippen LogP contribution >= 0.6 is 12.6 Å². The van der Waals surface area contributed by atoms with Gasteiger partial charge in [-0.15, -0.1) is 0 Å². The molecule has 4 unspecified atom stereocenters. The fourth-order valence-electron chi connectivity index (χ4n) is 2.43. The summed E-state index contributed by atoms with van der Waals surface area (Å²) in [5, 5.41) is 16.0. The van der Waals surface area contributed by atoms with E-state index in [-0.39, 0.29) is 18.1 Å². The molecule has 176 valence electrons. The smallest absolute Gasteiger partial charge is 0.326 e. The predicted octanol–water partition coefficient (Wildman–Crippen LogP) is -3.42. The molecule has 0 radical (unpaired) electrons. The lowest BCUT2D eigenvalue weighted by Gasteiger charge is -2.25. The molecule has 0 aromatic carbocycles. The Morgan fingerprint density at radius 2 is 1.26 bits per heavy atom. The van der Waals surface area contributed by atoms with Crippen LogP contribution in [0.15, 0.2) is 0 Å². The second-order valence-corrected chi connectivity index (χ2v) is 7.65. The van der Waals surface area contributed by atoms with Crippen LogP contribution in [0.2, 0.25) is 0 Å². The first-order valence-corrected chi connectivity index (χ1v) is 9.98. The van der Waals surface area contributed by atoms with Crippen molar-refractivity contribution in [2.45, 2.75) is 57.3 Å². The number of nitrogens with two attached hydrogens (primary N) is 3. The van der Waals surface area contributed by atoms with Crippen LogP contribution in [-0.2, 0) is 28.8 Å². The molecule has 4 atom stereocenters. The molecule has 31 heavy (non-hydrogen) atoms. The van der Waals surface area contributed by atoms with Crippen LogP contribution in [0.3, 0.4) is 0 Å². The SMILES string of the molecule is CC(C)CC(NC(=O)C(N)CC(N)=O)C(=O)NC(CS)C(=O)NC(CC(N)=O)C(=O)O. The first-order chi connectivity index (χ1) is 14.3. The number of carbonyl (C=O) groups excluding carboxylic acids is 5. The molecule has 0 rings (SSSR count). The normalized spacial score (nSPS) is 14.6. The number of carbonyl (C=O) groups is 6. The predicted molar refractivity (Wildman–Crippen MR) is 112 cm³/mol. The molecule has 0 heterocycles. The lowest BCUT2D eigenvalue weighted by atomic mass is 10.0. The summed E-state index contributed by atoms with van der Waals surface area (Å²) < 4.78 is 0. The number of hydrogen-bond donors (Lipinski definition) is 8. The van der Waals surface area contributed by atoms with Gasteiger partial charge in [0.1, 0.15) is 18.1 Å². The first kappa shape index (κ1) is 28.1. The van der Waals surface area contributed by atoms with Crippen molar-refractivity contribution in [3.05, 3.63) is 0 Å². The molecule has 10 N–H and O–H groups in total. The van der Waals surface area contributed by atoms with E-state index in [1.807, 2.05) is 0 Å². The van der Waals surface area contributed by atoms with Crippen LogP contribution in [0.5, 0.6) is 0 Å². The van der Waals surface area contributed by atoms with E-state index in [0.29, 0.717) is 0 Å². The Balaban J connectivity index is 5.27. The van der Waals surface area contributed by atoms with E-state index < -0.39 is 72.5 Å². The standard InChI is InChI=1S/C17H30N6O7S/c1-7(2)3-9(21-14(26)8(18)4-12(19)24)15(27)23-11(6-31)16(28)22-10(17(29)30)5-13(20)25/h7-11,31H,3-6,18H2,1-2H3,(H2,19,24)(H2,20,25)(H,21,26)(H,22,28)(H,23,27)(H,29,30). The highest BCUT2D eigenvalue weighted by Crippen LogP contribution is 2.07. The number of nitrogens with one attached hydrogen (secondary N) is 3. The molecule has 0 aromatic rings. The Morgan fingerprint density at radius 1 is 0.806 bits per heavy atom. The molecule has 14 heteroatoms. The van der Waals surface area contributed by atoms with Crippen LogP contribution in [0.1, 0.15) is 33.1 Å². The zero-order chi connectivity index (χ0) is 24.3. The van der Waals surface area contributed by atoms with E-state index >= 15 is 0 Å². The highest BCUT2D eigenvalue weighted by Gasteiger charge is 2.30. The summed E-state index contributed by atoms with van der Waals surface area (Å²) in [7, 11) is 0. The molecule has 13 nitrogen and oxygen atoms in total. The largest absolute Gasteiger partial charge is 0.480 e. The molecule has 0 saturated carbocycles. The van der Waals surface area contributed by atoms with Crippen molar-refractivity contribution in [2.75, 3.05) is 5.75 Å². The molecule has 0 spiro atoms. The molecule has 0 saturated heterocycles. The van der Waals surface area contributed by atoms with Gasteiger partial charge in [0, 0.05) is 5.75 Å². The Hall–Kier alpha value is -2.87. The minimum Gasteiger partial charge on any atom is -0.480 e. The Labute approximate surface area is 184 Å². The van der Waals surface area contributed by atoms with E-state index in [4.69, 9.17) is 22.3 Å². The van der Waals surface area contributed by atoms with Crippen LogP contribution in [0.4, 0.5) is 0 Å². The van der Waals surface area contributed by atoms with Gasteiger partial charge in [0.05, 0.1) is 18.9 Å². The van der Waals surface area contributed by atoms with Gasteiger partial charge in [-0.1, -0.05) is 13.8 Å². The second kappa shape index (κ2) is 13.4. The minimum absolute atomic E-state index is 0.0429. The maximum absolute atomic E-state index is 12.7. The third-order valence-corrected chi connectivity index (χ3v) is 4.30.